The normalized spacial score (nSPS) is 18.6. The summed E-state index contributed by atoms with van der Waals surface area (Å²) >= 11 is 0. The molecule has 0 bridgehead atoms. The Hall–Kier alpha value is -3.75. The second-order valence-electron chi connectivity index (χ2n) is 7.39. The fourth-order valence-corrected chi connectivity index (χ4v) is 2.91. The van der Waals surface area contributed by atoms with Crippen LogP contribution >= 0.6 is 0 Å². The third-order valence-electron chi connectivity index (χ3n) is 4.64. The maximum absolute atomic E-state index is 12.5. The van der Waals surface area contributed by atoms with Crippen molar-refractivity contribution < 1.29 is 14.3 Å². The number of nitrogens with one attached hydrogen (secondary N) is 1. The van der Waals surface area contributed by atoms with E-state index < -0.39 is 11.4 Å². The van der Waals surface area contributed by atoms with Crippen LogP contribution in [0.5, 0.6) is 5.88 Å². The number of carbonyl (C=O) groups excluding carboxylic acids is 2. The summed E-state index contributed by atoms with van der Waals surface area (Å²) in [5.74, 6) is -0.0679. The van der Waals surface area contributed by atoms with Gasteiger partial charge in [-0.25, -0.2) is 15.0 Å². The molecule has 2 heterocycles. The van der Waals surface area contributed by atoms with E-state index in [2.05, 4.69) is 26.9 Å². The number of benzene rings is 1. The van der Waals surface area contributed by atoms with Gasteiger partial charge in [0, 0.05) is 12.7 Å². The highest BCUT2D eigenvalue weighted by molar-refractivity contribution is 6.03. The molecule has 2 amide bonds. The molecule has 3 N–H and O–H groups in total. The Morgan fingerprint density at radius 1 is 1.37 bits per heavy atom. The number of carbonyl (C=O) groups is 2. The molecule has 0 saturated carbocycles. The molecule has 9 heteroatoms. The van der Waals surface area contributed by atoms with Crippen molar-refractivity contribution in [2.24, 2.45) is 10.7 Å². The number of aromatic nitrogens is 2. The SMILES string of the molecule is C=C(C)COc1cnc(C(=O)Nc2cccc(C3(C)CC(=O)N(C)C(N)=N3)c2)cn1. The monoisotopic (exact) mass is 408 g/mol. The van der Waals surface area contributed by atoms with E-state index in [0.29, 0.717) is 18.2 Å². The molecule has 1 aromatic heterocycles. The molecule has 1 aliphatic rings. The third-order valence-corrected chi connectivity index (χ3v) is 4.64. The number of hydrogen-bond donors (Lipinski definition) is 2. The highest BCUT2D eigenvalue weighted by Gasteiger charge is 2.36. The fourth-order valence-electron chi connectivity index (χ4n) is 2.91. The first-order chi connectivity index (χ1) is 14.2. The first-order valence-electron chi connectivity index (χ1n) is 9.31. The van der Waals surface area contributed by atoms with Gasteiger partial charge in [0.2, 0.25) is 11.8 Å². The summed E-state index contributed by atoms with van der Waals surface area (Å²) < 4.78 is 5.38. The van der Waals surface area contributed by atoms with Crippen molar-refractivity contribution in [1.82, 2.24) is 14.9 Å². The summed E-state index contributed by atoms with van der Waals surface area (Å²) in [6.07, 6.45) is 2.91. The van der Waals surface area contributed by atoms with Crippen LogP contribution in [0.25, 0.3) is 0 Å². The number of rotatable bonds is 6. The number of hydrogen-bond acceptors (Lipinski definition) is 7. The van der Waals surface area contributed by atoms with Crippen molar-refractivity contribution in [3.8, 4) is 5.88 Å². The minimum atomic E-state index is -0.809. The number of nitrogens with two attached hydrogens (primary N) is 1. The average molecular weight is 408 g/mol. The maximum Gasteiger partial charge on any atom is 0.275 e. The van der Waals surface area contributed by atoms with Gasteiger partial charge in [0.15, 0.2) is 5.96 Å². The first-order valence-corrected chi connectivity index (χ1v) is 9.31. The van der Waals surface area contributed by atoms with Crippen molar-refractivity contribution in [3.05, 3.63) is 60.1 Å². The highest BCUT2D eigenvalue weighted by atomic mass is 16.5. The van der Waals surface area contributed by atoms with E-state index in [1.54, 1.807) is 25.2 Å². The van der Waals surface area contributed by atoms with Crippen molar-refractivity contribution in [1.29, 1.82) is 0 Å². The predicted molar refractivity (Wildman–Crippen MR) is 113 cm³/mol. The van der Waals surface area contributed by atoms with Crippen molar-refractivity contribution >= 4 is 23.5 Å². The third kappa shape index (κ3) is 4.62. The Bertz CT molecular complexity index is 1020. The molecule has 0 saturated heterocycles. The lowest BCUT2D eigenvalue weighted by atomic mass is 9.87. The highest BCUT2D eigenvalue weighted by Crippen LogP contribution is 2.34. The van der Waals surface area contributed by atoms with Gasteiger partial charge in [0.1, 0.15) is 12.3 Å². The first kappa shape index (κ1) is 21.0. The van der Waals surface area contributed by atoms with Crippen LogP contribution in [0.1, 0.15) is 36.3 Å². The molecule has 0 aliphatic carbocycles. The molecule has 0 fully saturated rings. The summed E-state index contributed by atoms with van der Waals surface area (Å²) in [4.78, 5) is 38.7. The molecule has 0 spiro atoms. The summed E-state index contributed by atoms with van der Waals surface area (Å²) in [7, 11) is 1.59. The van der Waals surface area contributed by atoms with Gasteiger partial charge in [0.25, 0.3) is 5.91 Å². The Kier molecular flexibility index (Phi) is 5.81. The number of guanidine groups is 1. The lowest BCUT2D eigenvalue weighted by molar-refractivity contribution is -0.128. The van der Waals surface area contributed by atoms with Crippen LogP contribution in [-0.4, -0.2) is 46.3 Å². The van der Waals surface area contributed by atoms with Crippen LogP contribution in [0.3, 0.4) is 0 Å². The largest absolute Gasteiger partial charge is 0.472 e. The summed E-state index contributed by atoms with van der Waals surface area (Å²) in [5, 5.41) is 2.78. The van der Waals surface area contributed by atoms with Crippen molar-refractivity contribution in [2.45, 2.75) is 25.8 Å². The zero-order valence-electron chi connectivity index (χ0n) is 17.2. The molecule has 0 radical (unpaired) electrons. The number of ether oxygens (including phenoxy) is 1. The van der Waals surface area contributed by atoms with Gasteiger partial charge in [-0.2, -0.15) is 0 Å². The molecule has 9 nitrogen and oxygen atoms in total. The van der Waals surface area contributed by atoms with Gasteiger partial charge in [-0.05, 0) is 37.1 Å². The molecular weight excluding hydrogens is 384 g/mol. The maximum atomic E-state index is 12.5. The zero-order chi connectivity index (χ0) is 21.9. The summed E-state index contributed by atoms with van der Waals surface area (Å²) in [5.41, 5.74) is 7.38. The van der Waals surface area contributed by atoms with Crippen LogP contribution in [0.15, 0.2) is 53.8 Å². The standard InChI is InChI=1S/C21H24N6O3/c1-13(2)12-30-17-11-23-16(10-24-17)19(29)25-15-7-5-6-14(8-15)21(3)9-18(28)27(4)20(22)26-21/h5-8,10-11H,1,9,12H2,2-4H3,(H2,22,26)(H,25,29). The van der Waals surface area contributed by atoms with E-state index in [9.17, 15) is 9.59 Å². The van der Waals surface area contributed by atoms with Gasteiger partial charge in [-0.3, -0.25) is 14.5 Å². The van der Waals surface area contributed by atoms with Crippen LogP contribution in [0.4, 0.5) is 5.69 Å². The van der Waals surface area contributed by atoms with E-state index in [0.717, 1.165) is 11.1 Å². The molecular formula is C21H24N6O3. The van der Waals surface area contributed by atoms with Gasteiger partial charge < -0.3 is 15.8 Å². The van der Waals surface area contributed by atoms with Crippen molar-refractivity contribution in [2.75, 3.05) is 19.0 Å². The Morgan fingerprint density at radius 3 is 2.77 bits per heavy atom. The molecule has 156 valence electrons. The van der Waals surface area contributed by atoms with E-state index in [-0.39, 0.29) is 24.0 Å². The number of amides is 2. The summed E-state index contributed by atoms with van der Waals surface area (Å²) in [6, 6.07) is 7.14. The quantitative estimate of drug-likeness (QED) is 0.706. The molecule has 1 aromatic carbocycles. The van der Waals surface area contributed by atoms with E-state index in [1.165, 1.54) is 17.3 Å². The van der Waals surface area contributed by atoms with Gasteiger partial charge in [-0.15, -0.1) is 0 Å². The van der Waals surface area contributed by atoms with E-state index >= 15 is 0 Å². The van der Waals surface area contributed by atoms with Crippen LogP contribution in [0, 0.1) is 0 Å². The molecule has 1 aliphatic heterocycles. The van der Waals surface area contributed by atoms with Crippen LogP contribution in [-0.2, 0) is 10.3 Å². The second-order valence-corrected chi connectivity index (χ2v) is 7.39. The number of aliphatic imine (C=N–C) groups is 1. The molecule has 1 atom stereocenters. The van der Waals surface area contributed by atoms with Crippen LogP contribution in [0.2, 0.25) is 0 Å². The van der Waals surface area contributed by atoms with Crippen LogP contribution < -0.4 is 15.8 Å². The minimum absolute atomic E-state index is 0.122. The molecule has 30 heavy (non-hydrogen) atoms. The Morgan fingerprint density at radius 2 is 2.13 bits per heavy atom. The van der Waals surface area contributed by atoms with E-state index in [1.807, 2.05) is 19.9 Å². The molecule has 1 unspecified atom stereocenters. The van der Waals surface area contributed by atoms with Gasteiger partial charge in [0.05, 0.1) is 24.4 Å². The predicted octanol–water partition coefficient (Wildman–Crippen LogP) is 2.08. The second kappa shape index (κ2) is 8.32. The topological polar surface area (TPSA) is 123 Å². The van der Waals surface area contributed by atoms with Gasteiger partial charge in [-0.1, -0.05) is 18.7 Å². The smallest absolute Gasteiger partial charge is 0.275 e. The number of nitrogens with zero attached hydrogens (tertiary/aromatic N) is 4. The molecule has 3 rings (SSSR count). The minimum Gasteiger partial charge on any atom is -0.472 e. The van der Waals surface area contributed by atoms with Gasteiger partial charge >= 0.3 is 0 Å². The summed E-state index contributed by atoms with van der Waals surface area (Å²) in [6.45, 7) is 7.75. The lowest BCUT2D eigenvalue weighted by Gasteiger charge is -2.33. The number of anilines is 1. The van der Waals surface area contributed by atoms with E-state index in [4.69, 9.17) is 10.5 Å². The zero-order valence-corrected chi connectivity index (χ0v) is 17.2. The average Bonchev–Trinajstić information content (AvgIpc) is 2.71. The Balaban J connectivity index is 1.74. The Labute approximate surface area is 174 Å². The fraction of sp³-hybridized carbons (Fsp3) is 0.286. The molecule has 2 aromatic rings. The van der Waals surface area contributed by atoms with Crippen molar-refractivity contribution in [3.63, 3.8) is 0 Å². The lowest BCUT2D eigenvalue weighted by Crippen LogP contribution is -2.47.